The van der Waals surface area contributed by atoms with Gasteiger partial charge >= 0.3 is 21.7 Å². The molecule has 0 aliphatic carbocycles. The average Bonchev–Trinajstić information content (AvgIpc) is 2.90. The molecule has 0 saturated carbocycles. The largest absolute Gasteiger partial charge is 4.00 e. The van der Waals surface area contributed by atoms with Gasteiger partial charge < -0.3 is 27.7 Å². The summed E-state index contributed by atoms with van der Waals surface area (Å²) in [6.07, 6.45) is 0. The van der Waals surface area contributed by atoms with Crippen LogP contribution in [0.3, 0.4) is 0 Å². The smallest absolute Gasteiger partial charge is 0.333 e. The molecule has 0 atom stereocenters. The Labute approximate surface area is 268 Å². The average molecular weight is 581 g/mol. The van der Waals surface area contributed by atoms with Crippen LogP contribution in [0.25, 0.3) is 0 Å². The van der Waals surface area contributed by atoms with Gasteiger partial charge in [-0.3, -0.25) is 0 Å². The van der Waals surface area contributed by atoms with Gasteiger partial charge in [0.2, 0.25) is 0 Å². The second kappa shape index (κ2) is 17.5. The van der Waals surface area contributed by atoms with Crippen molar-refractivity contribution in [3.8, 4) is 0 Å². The van der Waals surface area contributed by atoms with Crippen LogP contribution in [-0.4, -0.2) is 0 Å². The third kappa shape index (κ3) is 16.6. The van der Waals surface area contributed by atoms with E-state index in [9.17, 15) is 0 Å². The fourth-order valence-corrected chi connectivity index (χ4v) is 3.56. The minimum atomic E-state index is 0. The van der Waals surface area contributed by atoms with E-state index in [-0.39, 0.29) is 43.4 Å². The monoisotopic (exact) mass is 580 g/mol. The van der Waals surface area contributed by atoms with Crippen molar-refractivity contribution in [3.63, 3.8) is 0 Å². The van der Waals surface area contributed by atoms with Crippen LogP contribution in [0.4, 0.5) is 0 Å². The summed E-state index contributed by atoms with van der Waals surface area (Å²) in [6.45, 7) is 33.1. The Morgan fingerprint density at radius 2 is 0.415 bits per heavy atom. The SMILES string of the molecule is [CH2-]C(C)(C)c1ccccc1.[CH2-]C(C)(C)c1ccccc1.[CH2-]C(C)(C)c1ccccc1.[CH2-]C(C)(C)c1ccccc1.[Ti+4]. The molecule has 0 heterocycles. The van der Waals surface area contributed by atoms with Crippen molar-refractivity contribution in [1.82, 2.24) is 0 Å². The van der Waals surface area contributed by atoms with Crippen LogP contribution in [0.5, 0.6) is 0 Å². The summed E-state index contributed by atoms with van der Waals surface area (Å²) in [6, 6.07) is 41.3. The maximum Gasteiger partial charge on any atom is 4.00 e. The van der Waals surface area contributed by atoms with Crippen LogP contribution in [0.1, 0.15) is 77.6 Å². The number of hydrogen-bond acceptors (Lipinski definition) is 0. The first kappa shape index (κ1) is 38.6. The van der Waals surface area contributed by atoms with Crippen LogP contribution in [-0.2, 0) is 43.4 Å². The molecule has 0 spiro atoms. The summed E-state index contributed by atoms with van der Waals surface area (Å²) < 4.78 is 0. The van der Waals surface area contributed by atoms with E-state index in [4.69, 9.17) is 0 Å². The molecule has 216 valence electrons. The van der Waals surface area contributed by atoms with E-state index in [1.54, 1.807) is 0 Å². The van der Waals surface area contributed by atoms with Gasteiger partial charge in [0, 0.05) is 0 Å². The van der Waals surface area contributed by atoms with Crippen molar-refractivity contribution in [1.29, 1.82) is 0 Å². The van der Waals surface area contributed by atoms with Crippen molar-refractivity contribution in [2.45, 2.75) is 77.0 Å². The van der Waals surface area contributed by atoms with Gasteiger partial charge in [0.05, 0.1) is 0 Å². The van der Waals surface area contributed by atoms with E-state index in [1.807, 2.05) is 72.8 Å². The quantitative estimate of drug-likeness (QED) is 0.166. The zero-order chi connectivity index (χ0) is 30.5. The first-order chi connectivity index (χ1) is 18.4. The van der Waals surface area contributed by atoms with E-state index < -0.39 is 0 Å². The molecule has 4 rings (SSSR count). The molecule has 0 N–H and O–H groups in total. The first-order valence-corrected chi connectivity index (χ1v) is 14.1. The van der Waals surface area contributed by atoms with Gasteiger partial charge in [-0.15, -0.1) is 21.7 Å². The number of rotatable bonds is 4. The summed E-state index contributed by atoms with van der Waals surface area (Å²) >= 11 is 0. The van der Waals surface area contributed by atoms with Crippen molar-refractivity contribution < 1.29 is 21.7 Å². The molecule has 1 heteroatoms. The topological polar surface area (TPSA) is 0 Å². The fourth-order valence-electron chi connectivity index (χ4n) is 3.56. The number of benzene rings is 4. The Balaban J connectivity index is 0.000000516. The molecule has 4 aromatic rings. The standard InChI is InChI=1S/4C10H13.Ti/c4*1-10(2,3)9-7-5-4-6-8-9;/h4*4-8H,1H2,2-3H3;/q4*-1;+4. The molecular weight excluding hydrogens is 528 g/mol. The Morgan fingerprint density at radius 1 is 0.293 bits per heavy atom. The Kier molecular flexibility index (Phi) is 16.5. The van der Waals surface area contributed by atoms with Crippen LogP contribution in [0.15, 0.2) is 121 Å². The number of hydrogen-bond donors (Lipinski definition) is 0. The summed E-state index contributed by atoms with van der Waals surface area (Å²) in [4.78, 5) is 0. The van der Waals surface area contributed by atoms with Gasteiger partial charge in [0.1, 0.15) is 0 Å². The van der Waals surface area contributed by atoms with Crippen LogP contribution in [0.2, 0.25) is 0 Å². The Hall–Kier alpha value is -2.41. The molecule has 0 bridgehead atoms. The normalized spacial score (nSPS) is 11.2. The molecule has 0 aliphatic rings. The summed E-state index contributed by atoms with van der Waals surface area (Å²) in [5.74, 6) is 0. The maximum atomic E-state index is 4.04. The van der Waals surface area contributed by atoms with Crippen molar-refractivity contribution >= 4 is 0 Å². The van der Waals surface area contributed by atoms with Crippen molar-refractivity contribution in [2.75, 3.05) is 0 Å². The Morgan fingerprint density at radius 3 is 0.488 bits per heavy atom. The molecule has 0 radical (unpaired) electrons. The first-order valence-electron chi connectivity index (χ1n) is 14.1. The van der Waals surface area contributed by atoms with Gasteiger partial charge in [-0.1, -0.05) is 199 Å². The van der Waals surface area contributed by atoms with E-state index in [1.165, 1.54) is 22.3 Å². The minimum absolute atomic E-state index is 0. The molecular formula is C40H52Ti. The molecule has 0 aliphatic heterocycles. The summed E-state index contributed by atoms with van der Waals surface area (Å²) in [5, 5.41) is 0. The van der Waals surface area contributed by atoms with E-state index in [2.05, 4.69) is 132 Å². The molecule has 0 unspecified atom stereocenters. The Bertz CT molecular complexity index is 969. The maximum absolute atomic E-state index is 4.04. The van der Waals surface area contributed by atoms with Gasteiger partial charge in [-0.05, 0) is 0 Å². The van der Waals surface area contributed by atoms with Crippen LogP contribution in [0, 0.1) is 27.7 Å². The predicted octanol–water partition coefficient (Wildman–Crippen LogP) is 11.2. The van der Waals surface area contributed by atoms with Gasteiger partial charge in [-0.2, -0.15) is 0 Å². The third-order valence-electron chi connectivity index (χ3n) is 6.22. The van der Waals surface area contributed by atoms with Gasteiger partial charge in [0.25, 0.3) is 0 Å². The summed E-state index contributed by atoms with van der Waals surface area (Å²) in [7, 11) is 0. The molecule has 0 amide bonds. The predicted molar refractivity (Wildman–Crippen MR) is 179 cm³/mol. The molecule has 0 saturated heterocycles. The second-order valence-corrected chi connectivity index (χ2v) is 13.0. The molecule has 0 nitrogen and oxygen atoms in total. The zero-order valence-corrected chi connectivity index (χ0v) is 28.4. The molecule has 4 aromatic carbocycles. The second-order valence-electron chi connectivity index (χ2n) is 13.0. The zero-order valence-electron chi connectivity index (χ0n) is 26.9. The molecule has 41 heavy (non-hydrogen) atoms. The van der Waals surface area contributed by atoms with E-state index in [0.717, 1.165) is 0 Å². The van der Waals surface area contributed by atoms with Crippen LogP contribution >= 0.6 is 0 Å². The van der Waals surface area contributed by atoms with E-state index in [0.29, 0.717) is 0 Å². The third-order valence-corrected chi connectivity index (χ3v) is 6.22. The van der Waals surface area contributed by atoms with Crippen molar-refractivity contribution in [3.05, 3.63) is 171 Å². The van der Waals surface area contributed by atoms with E-state index >= 15 is 0 Å². The van der Waals surface area contributed by atoms with Gasteiger partial charge in [0.15, 0.2) is 0 Å². The molecule has 0 fully saturated rings. The van der Waals surface area contributed by atoms with Gasteiger partial charge in [-0.25, -0.2) is 0 Å². The van der Waals surface area contributed by atoms with Crippen LogP contribution < -0.4 is 0 Å². The fraction of sp³-hybridized carbons (Fsp3) is 0.300. The van der Waals surface area contributed by atoms with Crippen molar-refractivity contribution in [2.24, 2.45) is 0 Å². The summed E-state index contributed by atoms with van der Waals surface area (Å²) in [5.41, 5.74) is 5.32. The molecule has 0 aromatic heterocycles. The minimum Gasteiger partial charge on any atom is -0.333 e.